The van der Waals surface area contributed by atoms with Gasteiger partial charge in [0, 0.05) is 22.5 Å². The van der Waals surface area contributed by atoms with Crippen LogP contribution in [0.15, 0.2) is 0 Å². The van der Waals surface area contributed by atoms with Crippen LogP contribution in [0.4, 0.5) is 0 Å². The fraction of sp³-hybridized carbons (Fsp3) is 1.00. The average Bonchev–Trinajstić information content (AvgIpc) is 2.77. The Morgan fingerprint density at radius 2 is 1.63 bits per heavy atom. The van der Waals surface area contributed by atoms with Crippen LogP contribution in [0.1, 0.15) is 41.0 Å². The summed E-state index contributed by atoms with van der Waals surface area (Å²) in [7, 11) is 0. The van der Waals surface area contributed by atoms with Gasteiger partial charge in [-0.3, -0.25) is 0 Å². The van der Waals surface area contributed by atoms with E-state index >= 15 is 0 Å². The van der Waals surface area contributed by atoms with Gasteiger partial charge in [-0.2, -0.15) is 0 Å². The van der Waals surface area contributed by atoms with E-state index in [2.05, 4.69) is 81.7 Å². The minimum Gasteiger partial charge on any atom is -0.147 e. The van der Waals surface area contributed by atoms with E-state index in [1.165, 1.54) is 23.7 Å². The first kappa shape index (κ1) is 16.8. The highest BCUT2D eigenvalue weighted by Gasteiger charge is 2.34. The normalized spacial score (nSPS) is 33.8. The standard InChI is InChI=1S/C15H28S4/c1-10(2)13-16-7-12(19-13)6-11(3)14-17-8-15(4,5)9-18-14/h10-14H,6-9H2,1-5H3. The zero-order chi connectivity index (χ0) is 14.0. The van der Waals surface area contributed by atoms with E-state index in [0.717, 1.165) is 26.2 Å². The first-order valence-corrected chi connectivity index (χ1v) is 11.5. The maximum Gasteiger partial charge on any atom is 0.0528 e. The highest BCUT2D eigenvalue weighted by Crippen LogP contribution is 2.48. The van der Waals surface area contributed by atoms with E-state index in [1.54, 1.807) is 0 Å². The highest BCUT2D eigenvalue weighted by molar-refractivity contribution is 8.20. The second-order valence-corrected chi connectivity index (χ2v) is 12.5. The maximum atomic E-state index is 2.48. The molecule has 0 aromatic carbocycles. The molecular formula is C15H28S4. The number of hydrogen-bond acceptors (Lipinski definition) is 4. The molecule has 2 fully saturated rings. The smallest absolute Gasteiger partial charge is 0.0528 e. The first-order chi connectivity index (χ1) is 8.87. The van der Waals surface area contributed by atoms with E-state index in [1.807, 2.05) is 0 Å². The summed E-state index contributed by atoms with van der Waals surface area (Å²) in [5, 5.41) is 0.906. The zero-order valence-corrected chi connectivity index (χ0v) is 16.1. The van der Waals surface area contributed by atoms with Crippen LogP contribution in [0.2, 0.25) is 0 Å². The lowest BCUT2D eigenvalue weighted by atomic mass is 10.00. The molecule has 2 aliphatic rings. The summed E-state index contributed by atoms with van der Waals surface area (Å²) < 4.78 is 1.69. The van der Waals surface area contributed by atoms with Crippen molar-refractivity contribution in [3.8, 4) is 0 Å². The minimum absolute atomic E-state index is 0.548. The lowest BCUT2D eigenvalue weighted by molar-refractivity contribution is 0.481. The molecule has 0 saturated carbocycles. The molecule has 3 unspecified atom stereocenters. The molecule has 0 amide bonds. The third-order valence-electron chi connectivity index (χ3n) is 3.69. The molecule has 2 rings (SSSR count). The SMILES string of the molecule is CC(C)C1SCC(CC(C)C2SCC(C)(C)CS2)S1. The number of hydrogen-bond donors (Lipinski definition) is 0. The van der Waals surface area contributed by atoms with Gasteiger partial charge in [0.25, 0.3) is 0 Å². The molecule has 4 heteroatoms. The van der Waals surface area contributed by atoms with Crippen LogP contribution in [0, 0.1) is 17.3 Å². The average molecular weight is 337 g/mol. The van der Waals surface area contributed by atoms with Gasteiger partial charge in [-0.1, -0.05) is 34.6 Å². The highest BCUT2D eigenvalue weighted by atomic mass is 32.2. The Kier molecular flexibility index (Phi) is 6.27. The quantitative estimate of drug-likeness (QED) is 0.648. The third-order valence-corrected chi connectivity index (χ3v) is 12.0. The van der Waals surface area contributed by atoms with E-state index < -0.39 is 0 Å². The van der Waals surface area contributed by atoms with Crippen molar-refractivity contribution >= 4 is 47.0 Å². The third kappa shape index (κ3) is 4.96. The summed E-state index contributed by atoms with van der Waals surface area (Å²) in [5.74, 6) is 5.77. The van der Waals surface area contributed by atoms with E-state index in [9.17, 15) is 0 Å². The van der Waals surface area contributed by atoms with Crippen LogP contribution in [-0.4, -0.2) is 31.7 Å². The lowest BCUT2D eigenvalue weighted by Crippen LogP contribution is -2.29. The van der Waals surface area contributed by atoms with Crippen LogP contribution in [0.5, 0.6) is 0 Å². The van der Waals surface area contributed by atoms with Crippen molar-refractivity contribution in [1.29, 1.82) is 0 Å². The van der Waals surface area contributed by atoms with Gasteiger partial charge < -0.3 is 0 Å². The fourth-order valence-electron chi connectivity index (χ4n) is 2.50. The van der Waals surface area contributed by atoms with Crippen molar-refractivity contribution in [3.05, 3.63) is 0 Å². The summed E-state index contributed by atoms with van der Waals surface area (Å²) in [6, 6.07) is 0. The molecule has 2 aliphatic heterocycles. The second kappa shape index (κ2) is 7.11. The molecule has 0 nitrogen and oxygen atoms in total. The predicted molar refractivity (Wildman–Crippen MR) is 98.7 cm³/mol. The summed E-state index contributed by atoms with van der Waals surface area (Å²) in [5.41, 5.74) is 0.548. The van der Waals surface area contributed by atoms with Crippen molar-refractivity contribution in [2.75, 3.05) is 17.3 Å². The van der Waals surface area contributed by atoms with Gasteiger partial charge in [0.05, 0.1) is 9.16 Å². The van der Waals surface area contributed by atoms with Crippen LogP contribution in [0.25, 0.3) is 0 Å². The first-order valence-electron chi connectivity index (χ1n) is 7.38. The molecule has 112 valence electrons. The Balaban J connectivity index is 1.75. The monoisotopic (exact) mass is 336 g/mol. The molecule has 0 aliphatic carbocycles. The molecule has 19 heavy (non-hydrogen) atoms. The summed E-state index contributed by atoms with van der Waals surface area (Å²) in [6.07, 6.45) is 1.42. The summed E-state index contributed by atoms with van der Waals surface area (Å²) >= 11 is 8.88. The Morgan fingerprint density at radius 3 is 2.16 bits per heavy atom. The minimum atomic E-state index is 0.548. The van der Waals surface area contributed by atoms with Crippen LogP contribution < -0.4 is 0 Å². The van der Waals surface area contributed by atoms with Gasteiger partial charge in [-0.05, 0) is 23.7 Å². The molecule has 0 aromatic rings. The van der Waals surface area contributed by atoms with Gasteiger partial charge in [0.1, 0.15) is 0 Å². The van der Waals surface area contributed by atoms with E-state index in [-0.39, 0.29) is 0 Å². The Hall–Kier alpha value is 1.40. The topological polar surface area (TPSA) is 0 Å². The number of rotatable bonds is 4. The van der Waals surface area contributed by atoms with Crippen LogP contribution in [0.3, 0.4) is 0 Å². The largest absolute Gasteiger partial charge is 0.147 e. The van der Waals surface area contributed by atoms with Crippen molar-refractivity contribution in [2.24, 2.45) is 17.3 Å². The summed E-state index contributed by atoms with van der Waals surface area (Å²) in [4.78, 5) is 0. The molecule has 0 N–H and O–H groups in total. The van der Waals surface area contributed by atoms with Gasteiger partial charge in [-0.15, -0.1) is 47.0 Å². The van der Waals surface area contributed by atoms with Crippen molar-refractivity contribution < 1.29 is 0 Å². The van der Waals surface area contributed by atoms with Crippen LogP contribution >= 0.6 is 47.0 Å². The molecule has 3 atom stereocenters. The van der Waals surface area contributed by atoms with Gasteiger partial charge >= 0.3 is 0 Å². The van der Waals surface area contributed by atoms with Crippen LogP contribution in [-0.2, 0) is 0 Å². The van der Waals surface area contributed by atoms with Crippen molar-refractivity contribution in [1.82, 2.24) is 0 Å². The Bertz CT molecular complexity index is 280. The zero-order valence-electron chi connectivity index (χ0n) is 12.8. The summed E-state index contributed by atoms with van der Waals surface area (Å²) in [6.45, 7) is 12.0. The molecule has 2 saturated heterocycles. The number of thioether (sulfide) groups is 4. The van der Waals surface area contributed by atoms with E-state index in [0.29, 0.717) is 5.41 Å². The predicted octanol–water partition coefficient (Wildman–Crippen LogP) is 5.68. The molecule has 2 heterocycles. The van der Waals surface area contributed by atoms with Gasteiger partial charge in [-0.25, -0.2) is 0 Å². The van der Waals surface area contributed by atoms with Gasteiger partial charge in [0.2, 0.25) is 0 Å². The molecule has 0 bridgehead atoms. The molecule has 0 radical (unpaired) electrons. The van der Waals surface area contributed by atoms with Crippen molar-refractivity contribution in [3.63, 3.8) is 0 Å². The molecule has 0 spiro atoms. The Labute approximate surface area is 136 Å². The van der Waals surface area contributed by atoms with Crippen molar-refractivity contribution in [2.45, 2.75) is 55.5 Å². The second-order valence-electron chi connectivity index (χ2n) is 7.07. The van der Waals surface area contributed by atoms with Gasteiger partial charge in [0.15, 0.2) is 0 Å². The molecule has 0 aromatic heterocycles. The lowest BCUT2D eigenvalue weighted by Gasteiger charge is -2.36. The molecular weight excluding hydrogens is 308 g/mol. The maximum absolute atomic E-state index is 2.48. The Morgan fingerprint density at radius 1 is 1.00 bits per heavy atom. The fourth-order valence-corrected chi connectivity index (χ4v) is 9.34. The van der Waals surface area contributed by atoms with E-state index in [4.69, 9.17) is 0 Å².